The van der Waals surface area contributed by atoms with Gasteiger partial charge < -0.3 is 10.1 Å². The Kier molecular flexibility index (Phi) is 4.74. The van der Waals surface area contributed by atoms with Crippen LogP contribution in [-0.4, -0.2) is 34.1 Å². The fraction of sp³-hybridized carbons (Fsp3) is 0.455. The molecule has 0 bridgehead atoms. The van der Waals surface area contributed by atoms with Gasteiger partial charge in [-0.05, 0) is 18.6 Å². The van der Waals surface area contributed by atoms with Gasteiger partial charge in [0.2, 0.25) is 0 Å². The van der Waals surface area contributed by atoms with Crippen molar-refractivity contribution in [2.24, 2.45) is 0 Å². The van der Waals surface area contributed by atoms with Gasteiger partial charge in [-0.3, -0.25) is 0 Å². The van der Waals surface area contributed by atoms with Crippen LogP contribution >= 0.6 is 0 Å². The molecule has 0 heterocycles. The van der Waals surface area contributed by atoms with Gasteiger partial charge in [-0.1, -0.05) is 0 Å². The van der Waals surface area contributed by atoms with E-state index in [0.717, 1.165) is 0 Å². The highest BCUT2D eigenvalue weighted by atomic mass is 32.2. The van der Waals surface area contributed by atoms with Crippen LogP contribution in [-0.2, 0) is 9.84 Å². The van der Waals surface area contributed by atoms with Gasteiger partial charge in [0.05, 0.1) is 12.9 Å². The third-order valence-corrected chi connectivity index (χ3v) is 3.20. The SMILES string of the molecule is COc1ccc(NCCCS(C)(=O)=O)cc1F. The van der Waals surface area contributed by atoms with Crippen LogP contribution in [0, 0.1) is 5.82 Å². The number of nitrogens with one attached hydrogen (secondary N) is 1. The average molecular weight is 261 g/mol. The van der Waals surface area contributed by atoms with E-state index in [2.05, 4.69) is 5.32 Å². The lowest BCUT2D eigenvalue weighted by atomic mass is 10.3. The number of sulfone groups is 1. The standard InChI is InChI=1S/C11H16FNO3S/c1-16-11-5-4-9(8-10(11)12)13-6-3-7-17(2,14)15/h4-5,8,13H,3,6-7H2,1-2H3. The van der Waals surface area contributed by atoms with E-state index in [9.17, 15) is 12.8 Å². The minimum absolute atomic E-state index is 0.124. The van der Waals surface area contributed by atoms with Gasteiger partial charge in [-0.25, -0.2) is 12.8 Å². The largest absolute Gasteiger partial charge is 0.494 e. The fourth-order valence-corrected chi connectivity index (χ4v) is 2.01. The molecule has 0 spiro atoms. The van der Waals surface area contributed by atoms with Crippen LogP contribution in [0.5, 0.6) is 5.75 Å². The molecule has 0 aliphatic rings. The Labute approximate surface area is 101 Å². The maximum Gasteiger partial charge on any atom is 0.167 e. The molecule has 0 atom stereocenters. The maximum atomic E-state index is 13.3. The molecule has 96 valence electrons. The highest BCUT2D eigenvalue weighted by molar-refractivity contribution is 7.90. The molecule has 0 saturated heterocycles. The van der Waals surface area contributed by atoms with E-state index in [1.165, 1.54) is 25.5 Å². The zero-order valence-corrected chi connectivity index (χ0v) is 10.7. The Hall–Kier alpha value is -1.30. The molecule has 17 heavy (non-hydrogen) atoms. The van der Waals surface area contributed by atoms with Crippen molar-refractivity contribution in [2.45, 2.75) is 6.42 Å². The summed E-state index contributed by atoms with van der Waals surface area (Å²) >= 11 is 0. The first-order valence-corrected chi connectivity index (χ1v) is 7.23. The van der Waals surface area contributed by atoms with Crippen LogP contribution in [0.3, 0.4) is 0 Å². The molecule has 0 saturated carbocycles. The summed E-state index contributed by atoms with van der Waals surface area (Å²) in [6, 6.07) is 4.52. The van der Waals surface area contributed by atoms with Crippen molar-refractivity contribution in [3.05, 3.63) is 24.0 Å². The molecular formula is C11H16FNO3S. The smallest absolute Gasteiger partial charge is 0.167 e. The van der Waals surface area contributed by atoms with Crippen molar-refractivity contribution in [2.75, 3.05) is 31.0 Å². The molecule has 0 aromatic heterocycles. The van der Waals surface area contributed by atoms with Gasteiger partial charge in [0.25, 0.3) is 0 Å². The fourth-order valence-electron chi connectivity index (χ4n) is 1.34. The molecule has 4 nitrogen and oxygen atoms in total. The minimum atomic E-state index is -2.93. The van der Waals surface area contributed by atoms with Crippen molar-refractivity contribution in [3.63, 3.8) is 0 Å². The van der Waals surface area contributed by atoms with Crippen molar-refractivity contribution >= 4 is 15.5 Å². The maximum absolute atomic E-state index is 13.3. The van der Waals surface area contributed by atoms with E-state index in [1.54, 1.807) is 6.07 Å². The lowest BCUT2D eigenvalue weighted by Gasteiger charge is -2.07. The molecule has 1 aromatic carbocycles. The Bertz CT molecular complexity index is 474. The third-order valence-electron chi connectivity index (χ3n) is 2.17. The van der Waals surface area contributed by atoms with E-state index in [4.69, 9.17) is 4.74 Å². The van der Waals surface area contributed by atoms with E-state index >= 15 is 0 Å². The van der Waals surface area contributed by atoms with E-state index < -0.39 is 15.7 Å². The molecule has 1 aromatic rings. The Morgan fingerprint density at radius 2 is 2.12 bits per heavy atom. The van der Waals surface area contributed by atoms with Gasteiger partial charge in [-0.2, -0.15) is 0 Å². The van der Waals surface area contributed by atoms with Crippen LogP contribution in [0.4, 0.5) is 10.1 Å². The molecule has 0 unspecified atom stereocenters. The highest BCUT2D eigenvalue weighted by Gasteiger charge is 2.04. The van der Waals surface area contributed by atoms with Crippen LogP contribution in [0.15, 0.2) is 18.2 Å². The second kappa shape index (κ2) is 5.86. The number of methoxy groups -OCH3 is 1. The average Bonchev–Trinajstić information content (AvgIpc) is 2.23. The molecule has 0 aliphatic carbocycles. The van der Waals surface area contributed by atoms with Gasteiger partial charge in [0.1, 0.15) is 9.84 Å². The number of rotatable bonds is 6. The summed E-state index contributed by atoms with van der Waals surface area (Å²) in [4.78, 5) is 0. The number of benzene rings is 1. The second-order valence-electron chi connectivity index (χ2n) is 3.76. The van der Waals surface area contributed by atoms with Crippen LogP contribution in [0.25, 0.3) is 0 Å². The first-order valence-electron chi connectivity index (χ1n) is 5.17. The number of halogens is 1. The molecule has 1 rings (SSSR count). The molecule has 6 heteroatoms. The Morgan fingerprint density at radius 3 is 2.65 bits per heavy atom. The van der Waals surface area contributed by atoms with E-state index in [-0.39, 0.29) is 11.5 Å². The van der Waals surface area contributed by atoms with E-state index in [0.29, 0.717) is 18.7 Å². The first kappa shape index (κ1) is 13.8. The third kappa shape index (κ3) is 5.04. The molecule has 0 fully saturated rings. The summed E-state index contributed by atoms with van der Waals surface area (Å²) in [6.07, 6.45) is 1.69. The predicted octanol–water partition coefficient (Wildman–Crippen LogP) is 1.68. The van der Waals surface area contributed by atoms with Crippen LogP contribution in [0.2, 0.25) is 0 Å². The van der Waals surface area contributed by atoms with Crippen LogP contribution in [0.1, 0.15) is 6.42 Å². The lowest BCUT2D eigenvalue weighted by Crippen LogP contribution is -2.09. The number of hydrogen-bond donors (Lipinski definition) is 1. The Balaban J connectivity index is 2.45. The quantitative estimate of drug-likeness (QED) is 0.792. The molecule has 0 radical (unpaired) electrons. The zero-order chi connectivity index (χ0) is 12.9. The summed E-state index contributed by atoms with van der Waals surface area (Å²) in [5.41, 5.74) is 0.608. The second-order valence-corrected chi connectivity index (χ2v) is 6.02. The summed E-state index contributed by atoms with van der Waals surface area (Å²) in [7, 11) is -1.53. The van der Waals surface area contributed by atoms with Crippen molar-refractivity contribution in [1.82, 2.24) is 0 Å². The normalized spacial score (nSPS) is 11.2. The number of anilines is 1. The topological polar surface area (TPSA) is 55.4 Å². The van der Waals surface area contributed by atoms with Crippen molar-refractivity contribution < 1.29 is 17.5 Å². The van der Waals surface area contributed by atoms with Crippen molar-refractivity contribution in [3.8, 4) is 5.75 Å². The molecule has 1 N–H and O–H groups in total. The minimum Gasteiger partial charge on any atom is -0.494 e. The number of hydrogen-bond acceptors (Lipinski definition) is 4. The summed E-state index contributed by atoms with van der Waals surface area (Å²) < 4.78 is 39.8. The molecule has 0 amide bonds. The van der Waals surface area contributed by atoms with Gasteiger partial charge in [0.15, 0.2) is 11.6 Å². The number of ether oxygens (including phenoxy) is 1. The van der Waals surface area contributed by atoms with Gasteiger partial charge in [-0.15, -0.1) is 0 Å². The molecule has 0 aliphatic heterocycles. The lowest BCUT2D eigenvalue weighted by molar-refractivity contribution is 0.386. The van der Waals surface area contributed by atoms with Crippen molar-refractivity contribution in [1.29, 1.82) is 0 Å². The monoisotopic (exact) mass is 261 g/mol. The molecular weight excluding hydrogens is 245 g/mol. The summed E-state index contributed by atoms with van der Waals surface area (Å²) in [5, 5.41) is 2.95. The van der Waals surface area contributed by atoms with Gasteiger partial charge >= 0.3 is 0 Å². The summed E-state index contributed by atoms with van der Waals surface area (Å²) in [5.74, 6) is -0.133. The van der Waals surface area contributed by atoms with E-state index in [1.807, 2.05) is 0 Å². The Morgan fingerprint density at radius 1 is 1.41 bits per heavy atom. The zero-order valence-electron chi connectivity index (χ0n) is 9.86. The predicted molar refractivity (Wildman–Crippen MR) is 65.8 cm³/mol. The first-order chi connectivity index (χ1) is 7.92. The van der Waals surface area contributed by atoms with Gasteiger partial charge in [0, 0.05) is 24.6 Å². The highest BCUT2D eigenvalue weighted by Crippen LogP contribution is 2.20. The summed E-state index contributed by atoms with van der Waals surface area (Å²) in [6.45, 7) is 0.485. The van der Waals surface area contributed by atoms with Crippen LogP contribution < -0.4 is 10.1 Å².